The van der Waals surface area contributed by atoms with E-state index < -0.39 is 6.04 Å². The van der Waals surface area contributed by atoms with Crippen molar-refractivity contribution in [1.29, 1.82) is 0 Å². The van der Waals surface area contributed by atoms with Crippen LogP contribution in [0.5, 0.6) is 5.75 Å². The Bertz CT molecular complexity index is 1040. The first-order chi connectivity index (χ1) is 15.1. The van der Waals surface area contributed by atoms with E-state index in [4.69, 9.17) is 9.26 Å². The highest BCUT2D eigenvalue weighted by Crippen LogP contribution is 2.24. The van der Waals surface area contributed by atoms with Crippen molar-refractivity contribution in [2.45, 2.75) is 18.9 Å². The molecule has 3 aromatic rings. The van der Waals surface area contributed by atoms with E-state index in [0.717, 1.165) is 5.56 Å². The number of carbonyl (C=O) groups excluding carboxylic acids is 2. The van der Waals surface area contributed by atoms with Crippen LogP contribution < -0.4 is 10.1 Å². The van der Waals surface area contributed by atoms with Crippen molar-refractivity contribution < 1.29 is 18.8 Å². The summed E-state index contributed by atoms with van der Waals surface area (Å²) < 4.78 is 10.4. The fourth-order valence-electron chi connectivity index (χ4n) is 3.14. The molecule has 9 nitrogen and oxygen atoms in total. The fraction of sp³-hybridized carbons (Fsp3) is 0.286. The third-order valence-corrected chi connectivity index (χ3v) is 5.83. The molecule has 0 bridgehead atoms. The quantitative estimate of drug-likeness (QED) is 0.598. The topological polar surface area (TPSA) is 110 Å². The van der Waals surface area contributed by atoms with Gasteiger partial charge in [-0.15, -0.1) is 11.8 Å². The summed E-state index contributed by atoms with van der Waals surface area (Å²) in [7, 11) is 1.58. The van der Waals surface area contributed by atoms with Crippen molar-refractivity contribution in [3.63, 3.8) is 0 Å². The Morgan fingerprint density at radius 1 is 1.23 bits per heavy atom. The van der Waals surface area contributed by atoms with E-state index in [1.165, 1.54) is 0 Å². The molecule has 4 rings (SSSR count). The van der Waals surface area contributed by atoms with Crippen LogP contribution >= 0.6 is 11.8 Å². The number of methoxy groups -OCH3 is 1. The predicted molar refractivity (Wildman–Crippen MR) is 115 cm³/mol. The maximum absolute atomic E-state index is 12.8. The molecule has 160 valence electrons. The number of hydrogen-bond donors (Lipinski definition) is 1. The first-order valence-electron chi connectivity index (χ1n) is 9.69. The van der Waals surface area contributed by atoms with Crippen LogP contribution in [-0.4, -0.2) is 56.6 Å². The molecule has 1 saturated heterocycles. The molecule has 1 fully saturated rings. The summed E-state index contributed by atoms with van der Waals surface area (Å²) in [5.74, 6) is 2.25. The first kappa shape index (κ1) is 20.9. The zero-order valence-corrected chi connectivity index (χ0v) is 17.7. The largest absolute Gasteiger partial charge is 0.497 e. The smallest absolute Gasteiger partial charge is 0.248 e. The van der Waals surface area contributed by atoms with Gasteiger partial charge in [-0.2, -0.15) is 4.98 Å². The van der Waals surface area contributed by atoms with Gasteiger partial charge in [0.25, 0.3) is 0 Å². The second-order valence-electron chi connectivity index (χ2n) is 6.84. The Hall–Kier alpha value is -3.40. The number of aromatic nitrogens is 3. The van der Waals surface area contributed by atoms with Crippen LogP contribution in [0.25, 0.3) is 11.4 Å². The van der Waals surface area contributed by atoms with Gasteiger partial charge < -0.3 is 19.5 Å². The molecule has 1 N–H and O–H groups in total. The van der Waals surface area contributed by atoms with E-state index >= 15 is 0 Å². The van der Waals surface area contributed by atoms with Gasteiger partial charge in [0.2, 0.25) is 23.5 Å². The van der Waals surface area contributed by atoms with Crippen LogP contribution in [0.3, 0.4) is 0 Å². The molecule has 1 aromatic carbocycles. The number of benzene rings is 1. The van der Waals surface area contributed by atoms with Gasteiger partial charge in [0.05, 0.1) is 13.0 Å². The number of amides is 2. The molecule has 0 unspecified atom stereocenters. The van der Waals surface area contributed by atoms with E-state index in [-0.39, 0.29) is 18.2 Å². The monoisotopic (exact) mass is 439 g/mol. The normalized spacial score (nSPS) is 15.6. The van der Waals surface area contributed by atoms with Crippen LogP contribution in [-0.2, 0) is 16.0 Å². The van der Waals surface area contributed by atoms with Crippen LogP contribution in [0.2, 0.25) is 0 Å². The Balaban J connectivity index is 1.33. The Kier molecular flexibility index (Phi) is 6.46. The lowest BCUT2D eigenvalue weighted by atomic mass is 10.2. The van der Waals surface area contributed by atoms with E-state index in [9.17, 15) is 9.59 Å². The molecular weight excluding hydrogens is 418 g/mol. The van der Waals surface area contributed by atoms with Crippen molar-refractivity contribution >= 4 is 29.3 Å². The number of aryl methyl sites for hydroxylation is 1. The summed E-state index contributed by atoms with van der Waals surface area (Å²) in [5, 5.41) is 6.82. The molecule has 10 heteroatoms. The molecule has 1 aliphatic rings. The van der Waals surface area contributed by atoms with Gasteiger partial charge in [-0.25, -0.2) is 0 Å². The van der Waals surface area contributed by atoms with E-state index in [1.54, 1.807) is 72.6 Å². The van der Waals surface area contributed by atoms with Gasteiger partial charge in [-0.3, -0.25) is 14.6 Å². The fourth-order valence-corrected chi connectivity index (χ4v) is 4.32. The molecule has 0 radical (unpaired) electrons. The number of pyridine rings is 1. The van der Waals surface area contributed by atoms with Gasteiger partial charge in [-0.1, -0.05) is 5.16 Å². The molecular formula is C21H21N5O4S. The number of nitrogens with one attached hydrogen (secondary N) is 1. The average Bonchev–Trinajstić information content (AvgIpc) is 3.49. The summed E-state index contributed by atoms with van der Waals surface area (Å²) in [4.78, 5) is 35.4. The number of ether oxygens (including phenoxy) is 1. The number of thioether (sulfide) groups is 1. The second kappa shape index (κ2) is 9.61. The van der Waals surface area contributed by atoms with Gasteiger partial charge in [-0.05, 0) is 36.4 Å². The lowest BCUT2D eigenvalue weighted by Crippen LogP contribution is -2.44. The van der Waals surface area contributed by atoms with E-state index in [2.05, 4.69) is 20.4 Å². The van der Waals surface area contributed by atoms with Crippen LogP contribution in [0.15, 0.2) is 53.3 Å². The van der Waals surface area contributed by atoms with Crippen LogP contribution in [0, 0.1) is 0 Å². The van der Waals surface area contributed by atoms with Crippen LogP contribution in [0.4, 0.5) is 5.69 Å². The summed E-state index contributed by atoms with van der Waals surface area (Å²) in [6.45, 7) is 0. The Morgan fingerprint density at radius 2 is 2.00 bits per heavy atom. The number of hydrogen-bond acceptors (Lipinski definition) is 8. The molecule has 0 saturated carbocycles. The lowest BCUT2D eigenvalue weighted by Gasteiger charge is -2.23. The minimum absolute atomic E-state index is 0.122. The van der Waals surface area contributed by atoms with Crippen molar-refractivity contribution in [1.82, 2.24) is 20.0 Å². The maximum atomic E-state index is 12.8. The maximum Gasteiger partial charge on any atom is 0.248 e. The van der Waals surface area contributed by atoms with Gasteiger partial charge in [0.1, 0.15) is 11.8 Å². The zero-order valence-electron chi connectivity index (χ0n) is 16.9. The van der Waals surface area contributed by atoms with Gasteiger partial charge in [0.15, 0.2) is 0 Å². The molecule has 0 spiro atoms. The van der Waals surface area contributed by atoms with Gasteiger partial charge >= 0.3 is 0 Å². The number of rotatable bonds is 7. The highest BCUT2D eigenvalue weighted by molar-refractivity contribution is 7.99. The molecule has 0 aliphatic carbocycles. The number of anilines is 1. The first-order valence-corrected chi connectivity index (χ1v) is 10.8. The SMILES string of the molecule is COc1ccc(NC(=O)[C@@H]2CSCN2C(=O)CCc2nc(-c3ccncc3)no2)cc1. The van der Waals surface area contributed by atoms with Gasteiger partial charge in [0, 0.05) is 42.2 Å². The van der Waals surface area contributed by atoms with Crippen molar-refractivity contribution in [3.05, 3.63) is 54.7 Å². The molecule has 2 amide bonds. The van der Waals surface area contributed by atoms with Crippen molar-refractivity contribution in [2.75, 3.05) is 24.1 Å². The summed E-state index contributed by atoms with van der Waals surface area (Å²) >= 11 is 1.55. The standard InChI is InChI=1S/C21H21N5O4S/c1-29-16-4-2-15(3-5-16)23-21(28)17-12-31-13-26(17)19(27)7-6-18-24-20(25-30-18)14-8-10-22-11-9-14/h2-5,8-11,17H,6-7,12-13H2,1H3,(H,23,28)/t17-/m0/s1. The molecule has 1 atom stereocenters. The zero-order chi connectivity index (χ0) is 21.6. The third-order valence-electron chi connectivity index (χ3n) is 4.82. The number of nitrogens with zero attached hydrogens (tertiary/aromatic N) is 4. The predicted octanol–water partition coefficient (Wildman–Crippen LogP) is 2.61. The lowest BCUT2D eigenvalue weighted by molar-refractivity contribution is -0.136. The van der Waals surface area contributed by atoms with E-state index in [1.807, 2.05) is 0 Å². The Morgan fingerprint density at radius 3 is 2.74 bits per heavy atom. The minimum atomic E-state index is -0.519. The summed E-state index contributed by atoms with van der Waals surface area (Å²) in [5.41, 5.74) is 1.45. The Labute approximate surface area is 183 Å². The molecule has 1 aliphatic heterocycles. The highest BCUT2D eigenvalue weighted by Gasteiger charge is 2.34. The van der Waals surface area contributed by atoms with Crippen molar-refractivity contribution in [2.24, 2.45) is 0 Å². The molecule has 31 heavy (non-hydrogen) atoms. The van der Waals surface area contributed by atoms with Crippen LogP contribution in [0.1, 0.15) is 12.3 Å². The highest BCUT2D eigenvalue weighted by atomic mass is 32.2. The minimum Gasteiger partial charge on any atom is -0.497 e. The number of carbonyl (C=O) groups is 2. The second-order valence-corrected chi connectivity index (χ2v) is 7.84. The average molecular weight is 439 g/mol. The molecule has 2 aromatic heterocycles. The van der Waals surface area contributed by atoms with E-state index in [0.29, 0.717) is 41.2 Å². The summed E-state index contributed by atoms with van der Waals surface area (Å²) in [6.07, 6.45) is 3.80. The van der Waals surface area contributed by atoms with Crippen molar-refractivity contribution in [3.8, 4) is 17.1 Å². The molecule has 3 heterocycles. The summed E-state index contributed by atoms with van der Waals surface area (Å²) in [6, 6.07) is 10.1. The third kappa shape index (κ3) is 5.02.